The van der Waals surface area contributed by atoms with Gasteiger partial charge in [-0.1, -0.05) is 32.1 Å². The Labute approximate surface area is 195 Å². The van der Waals surface area contributed by atoms with Gasteiger partial charge in [0.05, 0.1) is 19.8 Å². The Morgan fingerprint density at radius 2 is 1.94 bits per heavy atom. The molecule has 32 heavy (non-hydrogen) atoms. The molecule has 2 aromatic rings. The van der Waals surface area contributed by atoms with Crippen molar-refractivity contribution in [3.05, 3.63) is 65.4 Å². The number of nitrogens with one attached hydrogen (secondary N) is 3. The molecule has 2 atom stereocenters. The van der Waals surface area contributed by atoms with Gasteiger partial charge in [-0.2, -0.15) is 0 Å². The van der Waals surface area contributed by atoms with Gasteiger partial charge in [-0.3, -0.25) is 4.79 Å². The molecule has 6 nitrogen and oxygen atoms in total. The molecule has 1 aliphatic heterocycles. The van der Waals surface area contributed by atoms with Gasteiger partial charge >= 0.3 is 0 Å². The van der Waals surface area contributed by atoms with E-state index in [1.54, 1.807) is 7.11 Å². The van der Waals surface area contributed by atoms with Crippen LogP contribution in [-0.2, 0) is 4.79 Å². The summed E-state index contributed by atoms with van der Waals surface area (Å²) < 4.78 is 11.4. The summed E-state index contributed by atoms with van der Waals surface area (Å²) in [4.78, 5) is 13.3. The van der Waals surface area contributed by atoms with Crippen molar-refractivity contribution in [2.45, 2.75) is 39.7 Å². The summed E-state index contributed by atoms with van der Waals surface area (Å²) in [6.07, 6.45) is 2.02. The Morgan fingerprint density at radius 3 is 2.62 bits per heavy atom. The SMILES string of the molecule is C=C1NC(=S)N[C@H](c2ccc(OCCCC)c(OC)c2)[C@@H]1C(=O)Nc1ccc(C)c(C)c1. The maximum atomic E-state index is 13.3. The lowest BCUT2D eigenvalue weighted by atomic mass is 9.88. The number of ether oxygens (including phenoxy) is 2. The van der Waals surface area contributed by atoms with Crippen molar-refractivity contribution in [1.82, 2.24) is 10.6 Å². The van der Waals surface area contributed by atoms with E-state index in [0.29, 0.717) is 28.9 Å². The van der Waals surface area contributed by atoms with Crippen molar-refractivity contribution in [2.24, 2.45) is 5.92 Å². The zero-order valence-corrected chi connectivity index (χ0v) is 19.9. The predicted molar refractivity (Wildman–Crippen MR) is 132 cm³/mol. The van der Waals surface area contributed by atoms with Crippen LogP contribution >= 0.6 is 12.2 Å². The second-order valence-corrected chi connectivity index (χ2v) is 8.39. The Balaban J connectivity index is 1.88. The number of benzene rings is 2. The molecule has 0 saturated carbocycles. The van der Waals surface area contributed by atoms with Gasteiger partial charge in [0.25, 0.3) is 0 Å². The highest BCUT2D eigenvalue weighted by Gasteiger charge is 2.37. The second kappa shape index (κ2) is 10.5. The lowest BCUT2D eigenvalue weighted by Gasteiger charge is -2.35. The van der Waals surface area contributed by atoms with Crippen LogP contribution in [0.4, 0.5) is 5.69 Å². The standard InChI is InChI=1S/C25H31N3O3S/c1-6-7-12-31-20-11-9-18(14-21(20)30-5)23-22(17(4)26-25(32)28-23)24(29)27-19-10-8-15(2)16(3)13-19/h8-11,13-14,22-23H,4,6-7,12H2,1-3,5H3,(H,27,29)(H2,26,28,32)/t22-,23-/m1/s1. The van der Waals surface area contributed by atoms with Crippen LogP contribution < -0.4 is 25.4 Å². The fourth-order valence-corrected chi connectivity index (χ4v) is 3.89. The van der Waals surface area contributed by atoms with Crippen LogP contribution in [0.2, 0.25) is 0 Å². The van der Waals surface area contributed by atoms with Crippen LogP contribution in [0, 0.1) is 19.8 Å². The van der Waals surface area contributed by atoms with E-state index in [2.05, 4.69) is 29.5 Å². The average molecular weight is 454 g/mol. The topological polar surface area (TPSA) is 71.6 Å². The third kappa shape index (κ3) is 5.40. The number of unbranched alkanes of at least 4 members (excludes halogenated alkanes) is 1. The predicted octanol–water partition coefficient (Wildman–Crippen LogP) is 4.78. The zero-order valence-electron chi connectivity index (χ0n) is 19.1. The number of rotatable bonds is 8. The molecule has 1 heterocycles. The van der Waals surface area contributed by atoms with Crippen LogP contribution in [0.15, 0.2) is 48.7 Å². The molecule has 170 valence electrons. The second-order valence-electron chi connectivity index (χ2n) is 7.98. The highest BCUT2D eigenvalue weighted by atomic mass is 32.1. The first-order chi connectivity index (χ1) is 15.3. The first kappa shape index (κ1) is 23.6. The molecule has 1 aliphatic rings. The lowest BCUT2D eigenvalue weighted by molar-refractivity contribution is -0.119. The third-order valence-corrected chi connectivity index (χ3v) is 5.85. The molecule has 0 aromatic heterocycles. The van der Waals surface area contributed by atoms with Crippen molar-refractivity contribution >= 4 is 28.9 Å². The number of carbonyl (C=O) groups is 1. The number of amides is 1. The fraction of sp³-hybridized carbons (Fsp3) is 0.360. The number of hydrogen-bond acceptors (Lipinski definition) is 4. The number of methoxy groups -OCH3 is 1. The summed E-state index contributed by atoms with van der Waals surface area (Å²) in [5, 5.41) is 9.67. The van der Waals surface area contributed by atoms with Crippen molar-refractivity contribution in [3.63, 3.8) is 0 Å². The number of hydrogen-bond donors (Lipinski definition) is 3. The summed E-state index contributed by atoms with van der Waals surface area (Å²) in [7, 11) is 1.61. The highest BCUT2D eigenvalue weighted by molar-refractivity contribution is 7.80. The van der Waals surface area contributed by atoms with Crippen LogP contribution in [-0.4, -0.2) is 24.7 Å². The largest absolute Gasteiger partial charge is 0.493 e. The van der Waals surface area contributed by atoms with E-state index in [1.807, 2.05) is 50.2 Å². The molecule has 0 radical (unpaired) electrons. The van der Waals surface area contributed by atoms with Crippen LogP contribution in [0.25, 0.3) is 0 Å². The fourth-order valence-electron chi connectivity index (χ4n) is 3.63. The zero-order chi connectivity index (χ0) is 23.3. The van der Waals surface area contributed by atoms with Gasteiger partial charge in [0.15, 0.2) is 16.6 Å². The maximum Gasteiger partial charge on any atom is 0.235 e. The summed E-state index contributed by atoms with van der Waals surface area (Å²) in [5.74, 6) is 0.535. The van der Waals surface area contributed by atoms with E-state index >= 15 is 0 Å². The van der Waals surface area contributed by atoms with Crippen molar-refractivity contribution in [1.29, 1.82) is 0 Å². The summed E-state index contributed by atoms with van der Waals surface area (Å²) in [6, 6.07) is 11.1. The average Bonchev–Trinajstić information content (AvgIpc) is 2.76. The quantitative estimate of drug-likeness (QED) is 0.395. The minimum atomic E-state index is -0.583. The number of aryl methyl sites for hydroxylation is 2. The minimum absolute atomic E-state index is 0.173. The normalized spacial score (nSPS) is 17.9. The van der Waals surface area contributed by atoms with Gasteiger partial charge in [0, 0.05) is 11.4 Å². The van der Waals surface area contributed by atoms with Gasteiger partial charge in [-0.25, -0.2) is 0 Å². The number of carbonyl (C=O) groups excluding carboxylic acids is 1. The molecule has 0 bridgehead atoms. The molecular weight excluding hydrogens is 422 g/mol. The van der Waals surface area contributed by atoms with Crippen molar-refractivity contribution < 1.29 is 14.3 Å². The summed E-state index contributed by atoms with van der Waals surface area (Å²) in [5.41, 5.74) is 4.43. The minimum Gasteiger partial charge on any atom is -0.493 e. The summed E-state index contributed by atoms with van der Waals surface area (Å²) in [6.45, 7) is 10.9. The van der Waals surface area contributed by atoms with Gasteiger partial charge < -0.3 is 25.4 Å². The van der Waals surface area contributed by atoms with Crippen LogP contribution in [0.3, 0.4) is 0 Å². The third-order valence-electron chi connectivity index (χ3n) is 5.63. The Bertz CT molecular complexity index is 1020. The molecular formula is C25H31N3O3S. The van der Waals surface area contributed by atoms with Gasteiger partial charge in [-0.05, 0) is 73.4 Å². The molecule has 0 spiro atoms. The lowest BCUT2D eigenvalue weighted by Crippen LogP contribution is -2.51. The van der Waals surface area contributed by atoms with Crippen molar-refractivity contribution in [2.75, 3.05) is 19.0 Å². The smallest absolute Gasteiger partial charge is 0.235 e. The van der Waals surface area contributed by atoms with Gasteiger partial charge in [0.1, 0.15) is 5.92 Å². The van der Waals surface area contributed by atoms with E-state index in [1.165, 1.54) is 5.56 Å². The molecule has 3 N–H and O–H groups in total. The Morgan fingerprint density at radius 1 is 1.16 bits per heavy atom. The van der Waals surface area contributed by atoms with E-state index in [-0.39, 0.29) is 5.91 Å². The molecule has 7 heteroatoms. The molecule has 1 fully saturated rings. The highest BCUT2D eigenvalue weighted by Crippen LogP contribution is 2.36. The molecule has 0 unspecified atom stereocenters. The van der Waals surface area contributed by atoms with Gasteiger partial charge in [-0.15, -0.1) is 0 Å². The van der Waals surface area contributed by atoms with Crippen LogP contribution in [0.1, 0.15) is 42.5 Å². The molecule has 1 saturated heterocycles. The first-order valence-electron chi connectivity index (χ1n) is 10.8. The van der Waals surface area contributed by atoms with Crippen molar-refractivity contribution in [3.8, 4) is 11.5 Å². The van der Waals surface area contributed by atoms with E-state index < -0.39 is 12.0 Å². The molecule has 0 aliphatic carbocycles. The Kier molecular flexibility index (Phi) is 7.75. The monoisotopic (exact) mass is 453 g/mol. The van der Waals surface area contributed by atoms with Gasteiger partial charge in [0.2, 0.25) is 5.91 Å². The molecule has 1 amide bonds. The van der Waals surface area contributed by atoms with E-state index in [9.17, 15) is 4.79 Å². The number of anilines is 1. The molecule has 2 aromatic carbocycles. The summed E-state index contributed by atoms with van der Waals surface area (Å²) >= 11 is 5.35. The number of thiocarbonyl (C=S) groups is 1. The first-order valence-corrected chi connectivity index (χ1v) is 11.2. The maximum absolute atomic E-state index is 13.3. The Hall–Kier alpha value is -3.06. The van der Waals surface area contributed by atoms with E-state index in [0.717, 1.165) is 29.7 Å². The van der Waals surface area contributed by atoms with E-state index in [4.69, 9.17) is 21.7 Å². The van der Waals surface area contributed by atoms with Crippen LogP contribution in [0.5, 0.6) is 11.5 Å². The molecule has 3 rings (SSSR count).